The number of thioether (sulfide) groups is 1. The van der Waals surface area contributed by atoms with Crippen molar-refractivity contribution in [2.45, 2.75) is 11.4 Å². The first-order chi connectivity index (χ1) is 11.9. The highest BCUT2D eigenvalue weighted by Crippen LogP contribution is 2.22. The summed E-state index contributed by atoms with van der Waals surface area (Å²) in [6.07, 6.45) is 0. The van der Waals surface area contributed by atoms with Gasteiger partial charge >= 0.3 is 0 Å². The Hall–Kier alpha value is -2.61. The molecule has 8 heteroatoms. The van der Waals surface area contributed by atoms with E-state index in [1.165, 1.54) is 48.0 Å². The van der Waals surface area contributed by atoms with E-state index in [-0.39, 0.29) is 29.6 Å². The minimum absolute atomic E-state index is 0.00864. The zero-order valence-corrected chi connectivity index (χ0v) is 14.6. The van der Waals surface area contributed by atoms with Gasteiger partial charge in [-0.2, -0.15) is 0 Å². The SMILES string of the molecule is COc1ccc(CN(C)C(=O)CSc2ccc([N+](=O)[O-])cc2)cc1F. The van der Waals surface area contributed by atoms with Gasteiger partial charge < -0.3 is 9.64 Å². The van der Waals surface area contributed by atoms with Crippen molar-refractivity contribution in [2.24, 2.45) is 0 Å². The zero-order valence-electron chi connectivity index (χ0n) is 13.8. The summed E-state index contributed by atoms with van der Waals surface area (Å²) in [6.45, 7) is 0.278. The van der Waals surface area contributed by atoms with E-state index < -0.39 is 10.7 Å². The molecule has 0 bridgehead atoms. The summed E-state index contributed by atoms with van der Waals surface area (Å²) < 4.78 is 18.5. The molecule has 0 aliphatic heterocycles. The van der Waals surface area contributed by atoms with Crippen molar-refractivity contribution in [1.82, 2.24) is 4.90 Å². The van der Waals surface area contributed by atoms with Crippen molar-refractivity contribution >= 4 is 23.4 Å². The van der Waals surface area contributed by atoms with E-state index in [1.54, 1.807) is 25.2 Å². The van der Waals surface area contributed by atoms with Crippen LogP contribution >= 0.6 is 11.8 Å². The van der Waals surface area contributed by atoms with Gasteiger partial charge in [0, 0.05) is 30.6 Å². The lowest BCUT2D eigenvalue weighted by Crippen LogP contribution is -2.27. The van der Waals surface area contributed by atoms with E-state index in [1.807, 2.05) is 0 Å². The second-order valence-corrected chi connectivity index (χ2v) is 6.31. The molecule has 1 amide bonds. The Labute approximate surface area is 148 Å². The molecule has 2 aromatic rings. The molecule has 0 atom stereocenters. The van der Waals surface area contributed by atoms with E-state index in [2.05, 4.69) is 0 Å². The number of carbonyl (C=O) groups is 1. The first-order valence-electron chi connectivity index (χ1n) is 7.34. The molecule has 0 saturated carbocycles. The smallest absolute Gasteiger partial charge is 0.269 e. The second kappa shape index (κ2) is 8.48. The summed E-state index contributed by atoms with van der Waals surface area (Å²) in [4.78, 5) is 24.6. The number of carbonyl (C=O) groups excluding carboxylic acids is 1. The molecule has 132 valence electrons. The largest absolute Gasteiger partial charge is 0.494 e. The fourth-order valence-electron chi connectivity index (χ4n) is 2.09. The Morgan fingerprint density at radius 1 is 1.28 bits per heavy atom. The summed E-state index contributed by atoms with van der Waals surface area (Å²) in [5.41, 5.74) is 0.670. The molecule has 0 saturated heterocycles. The molecule has 0 fully saturated rings. The van der Waals surface area contributed by atoms with Gasteiger partial charge in [-0.25, -0.2) is 4.39 Å². The monoisotopic (exact) mass is 364 g/mol. The second-order valence-electron chi connectivity index (χ2n) is 5.26. The molecule has 0 aliphatic carbocycles. The van der Waals surface area contributed by atoms with Crippen LogP contribution in [0.1, 0.15) is 5.56 Å². The zero-order chi connectivity index (χ0) is 18.4. The Morgan fingerprint density at radius 3 is 2.52 bits per heavy atom. The third-order valence-electron chi connectivity index (χ3n) is 3.47. The van der Waals surface area contributed by atoms with Gasteiger partial charge in [0.2, 0.25) is 5.91 Å². The summed E-state index contributed by atoms with van der Waals surface area (Å²) >= 11 is 1.29. The Morgan fingerprint density at radius 2 is 1.96 bits per heavy atom. The maximum Gasteiger partial charge on any atom is 0.269 e. The Balaban J connectivity index is 1.89. The maximum atomic E-state index is 13.7. The van der Waals surface area contributed by atoms with Gasteiger partial charge in [-0.1, -0.05) is 6.07 Å². The van der Waals surface area contributed by atoms with Crippen LogP contribution in [0.2, 0.25) is 0 Å². The van der Waals surface area contributed by atoms with Crippen LogP contribution in [-0.2, 0) is 11.3 Å². The number of methoxy groups -OCH3 is 1. The van der Waals surface area contributed by atoms with Crippen LogP contribution in [-0.4, -0.2) is 35.6 Å². The number of nitro benzene ring substituents is 1. The molecule has 0 radical (unpaired) electrons. The highest BCUT2D eigenvalue weighted by atomic mass is 32.2. The maximum absolute atomic E-state index is 13.7. The molecule has 0 N–H and O–H groups in total. The van der Waals surface area contributed by atoms with Crippen LogP contribution in [0.15, 0.2) is 47.4 Å². The molecule has 0 aliphatic rings. The molecule has 0 heterocycles. The molecular formula is C17H17FN2O4S. The van der Waals surface area contributed by atoms with Crippen LogP contribution in [0.25, 0.3) is 0 Å². The summed E-state index contributed by atoms with van der Waals surface area (Å²) in [7, 11) is 3.03. The van der Waals surface area contributed by atoms with E-state index in [0.717, 1.165) is 4.90 Å². The standard InChI is InChI=1S/C17H17FN2O4S/c1-19(10-12-3-8-16(24-2)15(18)9-12)17(21)11-25-14-6-4-13(5-7-14)20(22)23/h3-9H,10-11H2,1-2H3. The highest BCUT2D eigenvalue weighted by Gasteiger charge is 2.12. The van der Waals surface area contributed by atoms with Gasteiger partial charge in [0.05, 0.1) is 17.8 Å². The van der Waals surface area contributed by atoms with Crippen molar-refractivity contribution in [2.75, 3.05) is 19.9 Å². The molecule has 2 rings (SSSR count). The van der Waals surface area contributed by atoms with Gasteiger partial charge in [-0.15, -0.1) is 11.8 Å². The van der Waals surface area contributed by atoms with Crippen LogP contribution in [0.5, 0.6) is 5.75 Å². The molecule has 0 unspecified atom stereocenters. The van der Waals surface area contributed by atoms with E-state index >= 15 is 0 Å². The average Bonchev–Trinajstić information content (AvgIpc) is 2.60. The number of amides is 1. The van der Waals surface area contributed by atoms with E-state index in [4.69, 9.17) is 4.74 Å². The summed E-state index contributed by atoms with van der Waals surface area (Å²) in [5, 5.41) is 10.6. The minimum atomic E-state index is -0.471. The normalized spacial score (nSPS) is 10.4. The minimum Gasteiger partial charge on any atom is -0.494 e. The van der Waals surface area contributed by atoms with E-state index in [9.17, 15) is 19.3 Å². The van der Waals surface area contributed by atoms with Crippen molar-refractivity contribution < 1.29 is 18.8 Å². The lowest BCUT2D eigenvalue weighted by atomic mass is 10.2. The number of hydrogen-bond acceptors (Lipinski definition) is 5. The fourth-order valence-corrected chi connectivity index (χ4v) is 2.93. The third kappa shape index (κ3) is 5.18. The highest BCUT2D eigenvalue weighted by molar-refractivity contribution is 8.00. The van der Waals surface area contributed by atoms with Crippen molar-refractivity contribution in [3.8, 4) is 5.75 Å². The topological polar surface area (TPSA) is 72.7 Å². The Bertz CT molecular complexity index is 768. The van der Waals surface area contributed by atoms with Crippen LogP contribution in [0.4, 0.5) is 10.1 Å². The lowest BCUT2D eigenvalue weighted by molar-refractivity contribution is -0.384. The predicted octanol–water partition coefficient (Wildman–Crippen LogP) is 3.49. The van der Waals surface area contributed by atoms with Gasteiger partial charge in [0.1, 0.15) is 0 Å². The summed E-state index contributed by atoms with van der Waals surface area (Å²) in [5.74, 6) is -0.250. The number of hydrogen-bond donors (Lipinski definition) is 0. The van der Waals surface area contributed by atoms with Crippen LogP contribution in [0.3, 0.4) is 0 Å². The van der Waals surface area contributed by atoms with Gasteiger partial charge in [-0.3, -0.25) is 14.9 Å². The molecule has 25 heavy (non-hydrogen) atoms. The number of nitro groups is 1. The molecule has 0 aromatic heterocycles. The number of nitrogens with zero attached hydrogens (tertiary/aromatic N) is 2. The van der Waals surface area contributed by atoms with Gasteiger partial charge in [-0.05, 0) is 29.8 Å². The Kier molecular flexibility index (Phi) is 6.35. The number of rotatable bonds is 7. The van der Waals surface area contributed by atoms with Crippen molar-refractivity contribution in [3.05, 3.63) is 64.0 Å². The lowest BCUT2D eigenvalue weighted by Gasteiger charge is -2.17. The summed E-state index contributed by atoms with van der Waals surface area (Å²) in [6, 6.07) is 10.6. The quantitative estimate of drug-likeness (QED) is 0.427. The van der Waals surface area contributed by atoms with Crippen molar-refractivity contribution in [1.29, 1.82) is 0 Å². The van der Waals surface area contributed by atoms with Crippen molar-refractivity contribution in [3.63, 3.8) is 0 Å². The number of non-ortho nitro benzene ring substituents is 1. The number of benzene rings is 2. The number of ether oxygens (including phenoxy) is 1. The molecule has 2 aromatic carbocycles. The first-order valence-corrected chi connectivity index (χ1v) is 8.33. The fraction of sp³-hybridized carbons (Fsp3) is 0.235. The molecule has 6 nitrogen and oxygen atoms in total. The van der Waals surface area contributed by atoms with Crippen LogP contribution in [0, 0.1) is 15.9 Å². The average molecular weight is 364 g/mol. The third-order valence-corrected chi connectivity index (χ3v) is 4.47. The predicted molar refractivity (Wildman–Crippen MR) is 93.2 cm³/mol. The molecular weight excluding hydrogens is 347 g/mol. The number of halogens is 1. The van der Waals surface area contributed by atoms with Gasteiger partial charge in [0.15, 0.2) is 11.6 Å². The molecule has 0 spiro atoms. The van der Waals surface area contributed by atoms with E-state index in [0.29, 0.717) is 5.56 Å². The first kappa shape index (κ1) is 18.7. The van der Waals surface area contributed by atoms with Crippen LogP contribution < -0.4 is 4.74 Å². The van der Waals surface area contributed by atoms with Gasteiger partial charge in [0.25, 0.3) is 5.69 Å².